The molecule has 7 heteroatoms. The zero-order valence-corrected chi connectivity index (χ0v) is 14.9. The second-order valence-corrected chi connectivity index (χ2v) is 7.73. The van der Waals surface area contributed by atoms with Crippen LogP contribution in [0.3, 0.4) is 0 Å². The van der Waals surface area contributed by atoms with E-state index in [0.717, 1.165) is 38.6 Å². The topological polar surface area (TPSA) is 71.8 Å². The first-order chi connectivity index (χ1) is 13.1. The molecular formula is C20H21FN2O4. The molecule has 3 heterocycles. The predicted octanol–water partition coefficient (Wildman–Crippen LogP) is 3.06. The molecular weight excluding hydrogens is 351 g/mol. The van der Waals surface area contributed by atoms with Gasteiger partial charge in [-0.25, -0.2) is 9.18 Å². The molecule has 1 N–H and O–H groups in total. The number of aromatic nitrogens is 1. The Morgan fingerprint density at radius 3 is 2.78 bits per heavy atom. The molecule has 1 atom stereocenters. The SMILES string of the molecule is O=C(O)c1cn(C2CC2)c2c3c(c(F)cc2c1=O)N1CCCC1CCOC3. The van der Waals surface area contributed by atoms with Crippen LogP contribution in [0.4, 0.5) is 10.1 Å². The van der Waals surface area contributed by atoms with Gasteiger partial charge >= 0.3 is 5.97 Å². The van der Waals surface area contributed by atoms with Crippen LogP contribution in [0, 0.1) is 5.82 Å². The lowest BCUT2D eigenvalue weighted by Crippen LogP contribution is -2.34. The quantitative estimate of drug-likeness (QED) is 0.877. The molecule has 1 saturated carbocycles. The van der Waals surface area contributed by atoms with Crippen molar-refractivity contribution in [1.82, 2.24) is 4.57 Å². The summed E-state index contributed by atoms with van der Waals surface area (Å²) in [6, 6.07) is 1.63. The smallest absolute Gasteiger partial charge is 0.341 e. The van der Waals surface area contributed by atoms with E-state index in [1.807, 2.05) is 4.57 Å². The zero-order chi connectivity index (χ0) is 18.7. The number of anilines is 1. The molecule has 6 nitrogen and oxygen atoms in total. The van der Waals surface area contributed by atoms with Crippen LogP contribution in [0.1, 0.15) is 54.1 Å². The van der Waals surface area contributed by atoms with Gasteiger partial charge in [-0.15, -0.1) is 0 Å². The Bertz CT molecular complexity index is 1010. The number of fused-ring (bicyclic) bond motifs is 5. The van der Waals surface area contributed by atoms with Gasteiger partial charge in [-0.3, -0.25) is 4.79 Å². The Balaban J connectivity index is 1.87. The molecule has 0 amide bonds. The maximum absolute atomic E-state index is 15.2. The lowest BCUT2D eigenvalue weighted by Gasteiger charge is -2.32. The van der Waals surface area contributed by atoms with Crippen LogP contribution < -0.4 is 10.3 Å². The van der Waals surface area contributed by atoms with E-state index >= 15 is 4.39 Å². The van der Waals surface area contributed by atoms with Gasteiger partial charge in [0.1, 0.15) is 11.4 Å². The number of hydrogen-bond donors (Lipinski definition) is 1. The van der Waals surface area contributed by atoms with Crippen LogP contribution in [-0.2, 0) is 11.3 Å². The van der Waals surface area contributed by atoms with Crippen molar-refractivity contribution in [2.24, 2.45) is 0 Å². The van der Waals surface area contributed by atoms with Crippen molar-refractivity contribution in [3.8, 4) is 0 Å². The number of nitrogens with zero attached hydrogens (tertiary/aromatic N) is 2. The molecule has 1 aromatic heterocycles. The van der Waals surface area contributed by atoms with E-state index in [0.29, 0.717) is 23.4 Å². The summed E-state index contributed by atoms with van der Waals surface area (Å²) < 4.78 is 22.9. The second-order valence-electron chi connectivity index (χ2n) is 7.73. The fourth-order valence-corrected chi connectivity index (χ4v) is 4.62. The van der Waals surface area contributed by atoms with E-state index in [-0.39, 0.29) is 29.6 Å². The van der Waals surface area contributed by atoms with E-state index in [4.69, 9.17) is 4.74 Å². The van der Waals surface area contributed by atoms with Gasteiger partial charge in [0.25, 0.3) is 0 Å². The number of carboxylic acids is 1. The maximum atomic E-state index is 15.2. The summed E-state index contributed by atoms with van der Waals surface area (Å²) >= 11 is 0. The Morgan fingerprint density at radius 1 is 1.22 bits per heavy atom. The molecule has 1 unspecified atom stereocenters. The predicted molar refractivity (Wildman–Crippen MR) is 98.0 cm³/mol. The molecule has 142 valence electrons. The molecule has 5 rings (SSSR count). The molecule has 2 aliphatic heterocycles. The molecule has 27 heavy (non-hydrogen) atoms. The van der Waals surface area contributed by atoms with Gasteiger partial charge in [0.15, 0.2) is 0 Å². The third-order valence-electron chi connectivity index (χ3n) is 6.02. The first-order valence-corrected chi connectivity index (χ1v) is 9.54. The monoisotopic (exact) mass is 372 g/mol. The molecule has 1 saturated heterocycles. The highest BCUT2D eigenvalue weighted by Gasteiger charge is 2.34. The first-order valence-electron chi connectivity index (χ1n) is 9.54. The van der Waals surface area contributed by atoms with Crippen LogP contribution in [-0.4, -0.2) is 34.8 Å². The molecule has 2 aromatic rings. The summed E-state index contributed by atoms with van der Waals surface area (Å²) in [6.07, 6.45) is 6.17. The highest BCUT2D eigenvalue weighted by atomic mass is 19.1. The molecule has 3 aliphatic rings. The van der Waals surface area contributed by atoms with Gasteiger partial charge in [0.05, 0.1) is 17.8 Å². The Labute approximate surface area is 155 Å². The second kappa shape index (κ2) is 6.05. The number of ether oxygens (including phenoxy) is 1. The van der Waals surface area contributed by atoms with Crippen molar-refractivity contribution in [2.75, 3.05) is 18.1 Å². The minimum Gasteiger partial charge on any atom is -0.477 e. The van der Waals surface area contributed by atoms with Crippen LogP contribution >= 0.6 is 0 Å². The zero-order valence-electron chi connectivity index (χ0n) is 14.9. The van der Waals surface area contributed by atoms with Gasteiger partial charge in [0, 0.05) is 42.4 Å². The third-order valence-corrected chi connectivity index (χ3v) is 6.02. The summed E-state index contributed by atoms with van der Waals surface area (Å²) in [5.74, 6) is -1.74. The highest BCUT2D eigenvalue weighted by molar-refractivity contribution is 5.95. The highest BCUT2D eigenvalue weighted by Crippen LogP contribution is 2.42. The average Bonchev–Trinajstić information content (AvgIpc) is 3.36. The molecule has 0 spiro atoms. The van der Waals surface area contributed by atoms with E-state index in [9.17, 15) is 14.7 Å². The van der Waals surface area contributed by atoms with E-state index in [1.165, 1.54) is 12.3 Å². The van der Waals surface area contributed by atoms with Crippen molar-refractivity contribution in [1.29, 1.82) is 0 Å². The molecule has 2 fully saturated rings. The molecule has 1 aromatic carbocycles. The Kier molecular flexibility index (Phi) is 3.75. The van der Waals surface area contributed by atoms with Gasteiger partial charge in [-0.2, -0.15) is 0 Å². The fourth-order valence-electron chi connectivity index (χ4n) is 4.62. The number of rotatable bonds is 2. The number of benzene rings is 1. The van der Waals surface area contributed by atoms with Crippen molar-refractivity contribution in [3.63, 3.8) is 0 Å². The van der Waals surface area contributed by atoms with Crippen molar-refractivity contribution in [2.45, 2.75) is 50.8 Å². The van der Waals surface area contributed by atoms with Crippen LogP contribution in [0.5, 0.6) is 0 Å². The van der Waals surface area contributed by atoms with Gasteiger partial charge in [0.2, 0.25) is 5.43 Å². The molecule has 0 radical (unpaired) electrons. The number of halogens is 1. The lowest BCUT2D eigenvalue weighted by molar-refractivity contribution is 0.0695. The van der Waals surface area contributed by atoms with Crippen LogP contribution in [0.25, 0.3) is 10.9 Å². The van der Waals surface area contributed by atoms with Crippen molar-refractivity contribution < 1.29 is 19.0 Å². The van der Waals surface area contributed by atoms with Crippen LogP contribution in [0.2, 0.25) is 0 Å². The summed E-state index contributed by atoms with van der Waals surface area (Å²) in [7, 11) is 0. The minimum atomic E-state index is -1.28. The Morgan fingerprint density at radius 2 is 2.04 bits per heavy atom. The molecule has 1 aliphatic carbocycles. The minimum absolute atomic E-state index is 0.137. The van der Waals surface area contributed by atoms with E-state index in [2.05, 4.69) is 4.90 Å². The summed E-state index contributed by atoms with van der Waals surface area (Å²) in [4.78, 5) is 26.4. The summed E-state index contributed by atoms with van der Waals surface area (Å²) in [6.45, 7) is 1.62. The fraction of sp³-hybridized carbons (Fsp3) is 0.500. The number of aromatic carboxylic acids is 1. The normalized spacial score (nSPS) is 22.3. The summed E-state index contributed by atoms with van der Waals surface area (Å²) in [5.41, 5.74) is 0.909. The third kappa shape index (κ3) is 2.56. The maximum Gasteiger partial charge on any atom is 0.341 e. The molecule has 0 bridgehead atoms. The average molecular weight is 372 g/mol. The van der Waals surface area contributed by atoms with Gasteiger partial charge < -0.3 is 19.3 Å². The first kappa shape index (κ1) is 16.7. The van der Waals surface area contributed by atoms with Crippen molar-refractivity contribution in [3.05, 3.63) is 39.4 Å². The number of hydrogen-bond acceptors (Lipinski definition) is 4. The van der Waals surface area contributed by atoms with Gasteiger partial charge in [-0.05, 0) is 38.2 Å². The summed E-state index contributed by atoms with van der Waals surface area (Å²) in [5, 5.41) is 9.56. The number of carboxylic acid groups (broad SMARTS) is 1. The largest absolute Gasteiger partial charge is 0.477 e. The van der Waals surface area contributed by atoms with Crippen LogP contribution in [0.15, 0.2) is 17.1 Å². The van der Waals surface area contributed by atoms with E-state index in [1.54, 1.807) is 0 Å². The Hall–Kier alpha value is -2.41. The lowest BCUT2D eigenvalue weighted by atomic mass is 10.0. The van der Waals surface area contributed by atoms with Gasteiger partial charge in [-0.1, -0.05) is 0 Å². The van der Waals surface area contributed by atoms with Crippen molar-refractivity contribution >= 4 is 22.6 Å². The number of pyridine rings is 1. The number of carbonyl (C=O) groups is 1. The standard InChI is InChI=1S/C20H21FN2O4/c21-16-8-13-17(23(12-3-4-12)9-14(19(13)24)20(25)26)15-10-27-7-5-11-2-1-6-22(11)18(15)16/h8-9,11-12H,1-7,10H2,(H,25,26). The van der Waals surface area contributed by atoms with E-state index < -0.39 is 17.2 Å².